The molecular formula is C25H38IN5O2. The Morgan fingerprint density at radius 1 is 1.09 bits per heavy atom. The topological polar surface area (TPSA) is 69.2 Å². The molecule has 0 spiro atoms. The van der Waals surface area contributed by atoms with Gasteiger partial charge in [0, 0.05) is 50.5 Å². The van der Waals surface area contributed by atoms with Crippen LogP contribution >= 0.6 is 24.0 Å². The number of hydrogen-bond acceptors (Lipinski definition) is 4. The molecule has 0 saturated carbocycles. The Kier molecular flexibility index (Phi) is 8.53. The minimum absolute atomic E-state index is 0. The summed E-state index contributed by atoms with van der Waals surface area (Å²) in [6, 6.07) is 9.51. The molecule has 3 heterocycles. The number of hydrogen-bond donors (Lipinski definition) is 2. The van der Waals surface area contributed by atoms with Crippen molar-refractivity contribution < 1.29 is 9.53 Å². The highest BCUT2D eigenvalue weighted by Gasteiger charge is 2.45. The Labute approximate surface area is 215 Å². The molecule has 2 fully saturated rings. The highest BCUT2D eigenvalue weighted by Crippen LogP contribution is 2.36. The standard InChI is InChI=1S/C25H37N5O2.HI/c1-25(2,3)32-24(31)30-21-11-12-22(30)16-19(15-21)28-23(26-4)27-17-18-7-9-20(10-8-18)29-13-5-6-14-29;/h5-10,19,21-22H,11-17H2,1-4H3,(H2,26,27,28);1H. The van der Waals surface area contributed by atoms with Crippen LogP contribution in [0.2, 0.25) is 0 Å². The van der Waals surface area contributed by atoms with Gasteiger partial charge in [0.05, 0.1) is 0 Å². The molecule has 7 nitrogen and oxygen atoms in total. The molecule has 1 aromatic carbocycles. The largest absolute Gasteiger partial charge is 0.444 e. The summed E-state index contributed by atoms with van der Waals surface area (Å²) in [6.07, 6.45) is 8.19. The molecule has 2 saturated heterocycles. The third kappa shape index (κ3) is 6.55. The number of benzene rings is 1. The van der Waals surface area contributed by atoms with E-state index in [9.17, 15) is 4.79 Å². The summed E-state index contributed by atoms with van der Waals surface area (Å²) in [5.41, 5.74) is 2.03. The Balaban J connectivity index is 0.00000306. The number of carbonyl (C=O) groups is 1. The van der Waals surface area contributed by atoms with Crippen molar-refractivity contribution in [2.75, 3.05) is 25.0 Å². The maximum Gasteiger partial charge on any atom is 0.410 e. The molecule has 1 amide bonds. The van der Waals surface area contributed by atoms with E-state index in [1.54, 1.807) is 0 Å². The van der Waals surface area contributed by atoms with Crippen molar-refractivity contribution in [2.24, 2.45) is 4.99 Å². The third-order valence-electron chi connectivity index (χ3n) is 6.48. The van der Waals surface area contributed by atoms with Crippen LogP contribution in [0.3, 0.4) is 0 Å². The van der Waals surface area contributed by atoms with Crippen molar-refractivity contribution in [3.63, 3.8) is 0 Å². The van der Waals surface area contributed by atoms with Crippen LogP contribution < -0.4 is 15.5 Å². The van der Waals surface area contributed by atoms with Crippen molar-refractivity contribution in [3.8, 4) is 0 Å². The molecule has 182 valence electrons. The second-order valence-corrected chi connectivity index (χ2v) is 10.1. The zero-order valence-electron chi connectivity index (χ0n) is 20.2. The number of nitrogens with one attached hydrogen (secondary N) is 2. The fraction of sp³-hybridized carbons (Fsp3) is 0.600. The fourth-order valence-corrected chi connectivity index (χ4v) is 4.99. The first-order chi connectivity index (χ1) is 15.3. The van der Waals surface area contributed by atoms with E-state index >= 15 is 0 Å². The first kappa shape index (κ1) is 25.6. The number of ether oxygens (including phenoxy) is 1. The Bertz CT molecular complexity index is 843. The van der Waals surface area contributed by atoms with Crippen LogP contribution in [0.1, 0.15) is 52.0 Å². The quantitative estimate of drug-likeness (QED) is 0.246. The first-order valence-electron chi connectivity index (χ1n) is 11.8. The number of amides is 1. The minimum atomic E-state index is -0.457. The number of piperidine rings is 1. The van der Waals surface area contributed by atoms with E-state index < -0.39 is 5.60 Å². The number of anilines is 1. The summed E-state index contributed by atoms with van der Waals surface area (Å²) in [5, 5.41) is 7.03. The molecule has 0 radical (unpaired) electrons. The van der Waals surface area contributed by atoms with Gasteiger partial charge in [0.25, 0.3) is 0 Å². The SMILES string of the molecule is CN=C(NCc1ccc(N2CC=CC2)cc1)NC1CC2CCC(C1)N2C(=O)OC(C)(C)C.I. The smallest absolute Gasteiger partial charge is 0.410 e. The lowest BCUT2D eigenvalue weighted by atomic mass is 9.98. The molecule has 2 bridgehead atoms. The van der Waals surface area contributed by atoms with Gasteiger partial charge in [-0.05, 0) is 64.2 Å². The van der Waals surface area contributed by atoms with Gasteiger partial charge in [-0.15, -0.1) is 24.0 Å². The van der Waals surface area contributed by atoms with E-state index in [0.717, 1.165) is 51.3 Å². The van der Waals surface area contributed by atoms with Gasteiger partial charge in [0.2, 0.25) is 0 Å². The monoisotopic (exact) mass is 567 g/mol. The molecule has 2 unspecified atom stereocenters. The zero-order chi connectivity index (χ0) is 22.7. The van der Waals surface area contributed by atoms with Crippen LogP contribution in [0, 0.1) is 0 Å². The average Bonchev–Trinajstić information content (AvgIpc) is 3.37. The molecule has 1 aromatic rings. The maximum absolute atomic E-state index is 12.7. The lowest BCUT2D eigenvalue weighted by Crippen LogP contribution is -2.54. The third-order valence-corrected chi connectivity index (χ3v) is 6.48. The summed E-state index contributed by atoms with van der Waals surface area (Å²) in [6.45, 7) is 8.48. The number of halogens is 1. The van der Waals surface area contributed by atoms with Gasteiger partial charge in [-0.1, -0.05) is 24.3 Å². The summed E-state index contributed by atoms with van der Waals surface area (Å²) in [5.74, 6) is 0.813. The number of aliphatic imine (C=N–C) groups is 1. The summed E-state index contributed by atoms with van der Waals surface area (Å²) in [4.78, 5) is 21.4. The van der Waals surface area contributed by atoms with Crippen LogP contribution in [0.25, 0.3) is 0 Å². The lowest BCUT2D eigenvalue weighted by Gasteiger charge is -2.40. The zero-order valence-corrected chi connectivity index (χ0v) is 22.5. The number of nitrogens with zero attached hydrogens (tertiary/aromatic N) is 3. The molecule has 2 N–H and O–H groups in total. The molecule has 3 aliphatic rings. The van der Waals surface area contributed by atoms with E-state index in [1.165, 1.54) is 11.3 Å². The molecule has 4 rings (SSSR count). The summed E-state index contributed by atoms with van der Waals surface area (Å²) in [7, 11) is 1.81. The Morgan fingerprint density at radius 3 is 2.24 bits per heavy atom. The van der Waals surface area contributed by atoms with Gasteiger partial charge in [-0.3, -0.25) is 4.99 Å². The predicted molar refractivity (Wildman–Crippen MR) is 144 cm³/mol. The number of rotatable bonds is 4. The van der Waals surface area contributed by atoms with Crippen molar-refractivity contribution in [1.29, 1.82) is 0 Å². The van der Waals surface area contributed by atoms with Gasteiger partial charge in [0.15, 0.2) is 5.96 Å². The van der Waals surface area contributed by atoms with Gasteiger partial charge >= 0.3 is 6.09 Å². The van der Waals surface area contributed by atoms with Gasteiger partial charge in [-0.25, -0.2) is 4.79 Å². The molecule has 0 aromatic heterocycles. The van der Waals surface area contributed by atoms with Crippen molar-refractivity contribution in [2.45, 2.75) is 76.7 Å². The molecular weight excluding hydrogens is 529 g/mol. The lowest BCUT2D eigenvalue weighted by molar-refractivity contribution is 0.00545. The van der Waals surface area contributed by atoms with E-state index in [-0.39, 0.29) is 42.2 Å². The van der Waals surface area contributed by atoms with Crippen molar-refractivity contribution in [1.82, 2.24) is 15.5 Å². The van der Waals surface area contributed by atoms with Gasteiger partial charge in [-0.2, -0.15) is 0 Å². The Hall–Kier alpha value is -1.97. The average molecular weight is 568 g/mol. The number of guanidine groups is 1. The highest BCUT2D eigenvalue weighted by molar-refractivity contribution is 14.0. The number of carbonyl (C=O) groups excluding carboxylic acids is 1. The number of fused-ring (bicyclic) bond motifs is 2. The van der Waals surface area contributed by atoms with Gasteiger partial charge in [0.1, 0.15) is 5.60 Å². The molecule has 0 aliphatic carbocycles. The van der Waals surface area contributed by atoms with Crippen LogP contribution in [0.15, 0.2) is 41.4 Å². The minimum Gasteiger partial charge on any atom is -0.444 e. The van der Waals surface area contributed by atoms with Gasteiger partial charge < -0.3 is 25.2 Å². The van der Waals surface area contributed by atoms with Crippen molar-refractivity contribution in [3.05, 3.63) is 42.0 Å². The van der Waals surface area contributed by atoms with Crippen LogP contribution in [0.5, 0.6) is 0 Å². The maximum atomic E-state index is 12.7. The van der Waals surface area contributed by atoms with E-state index in [4.69, 9.17) is 4.74 Å². The first-order valence-corrected chi connectivity index (χ1v) is 11.8. The Morgan fingerprint density at radius 2 is 1.70 bits per heavy atom. The van der Waals surface area contributed by atoms with E-state index in [0.29, 0.717) is 6.04 Å². The van der Waals surface area contributed by atoms with Crippen molar-refractivity contribution >= 4 is 41.7 Å². The van der Waals surface area contributed by atoms with Crippen LogP contribution in [-0.4, -0.2) is 60.8 Å². The van der Waals surface area contributed by atoms with Crippen LogP contribution in [0.4, 0.5) is 10.5 Å². The fourth-order valence-electron chi connectivity index (χ4n) is 4.99. The molecule has 33 heavy (non-hydrogen) atoms. The summed E-state index contributed by atoms with van der Waals surface area (Å²) >= 11 is 0. The molecule has 3 aliphatic heterocycles. The van der Waals surface area contributed by atoms with E-state index in [1.807, 2.05) is 32.7 Å². The van der Waals surface area contributed by atoms with Crippen LogP contribution in [-0.2, 0) is 11.3 Å². The normalized spacial score (nSPS) is 24.5. The second-order valence-electron chi connectivity index (χ2n) is 10.1. The predicted octanol–water partition coefficient (Wildman–Crippen LogP) is 4.28. The molecule has 8 heteroatoms. The molecule has 2 atom stereocenters. The van der Waals surface area contributed by atoms with E-state index in [2.05, 4.69) is 56.9 Å². The summed E-state index contributed by atoms with van der Waals surface area (Å²) < 4.78 is 5.65. The second kappa shape index (κ2) is 11.0. The highest BCUT2D eigenvalue weighted by atomic mass is 127.